The average molecular weight is 549 g/mol. The summed E-state index contributed by atoms with van der Waals surface area (Å²) in [4.78, 5) is 23.5. The second kappa shape index (κ2) is 20.1. The van der Waals surface area contributed by atoms with Crippen LogP contribution >= 0.6 is 0 Å². The highest BCUT2D eigenvalue weighted by Crippen LogP contribution is 2.27. The number of allylic oxidation sites excluding steroid dienone is 8. The summed E-state index contributed by atoms with van der Waals surface area (Å²) in [5.41, 5.74) is 5.72. The van der Waals surface area contributed by atoms with Crippen LogP contribution in [0.4, 0.5) is 5.69 Å². The van der Waals surface area contributed by atoms with Gasteiger partial charge in [0.05, 0.1) is 17.6 Å². The van der Waals surface area contributed by atoms with Crippen molar-refractivity contribution in [1.82, 2.24) is 9.88 Å². The van der Waals surface area contributed by atoms with Gasteiger partial charge in [0.2, 0.25) is 5.91 Å². The van der Waals surface area contributed by atoms with E-state index in [9.17, 15) is 4.79 Å². The fraction of sp³-hybridized carbons (Fsp3) is 0.571. The Bertz CT molecular complexity index is 1010. The van der Waals surface area contributed by atoms with Crippen LogP contribution in [0.3, 0.4) is 0 Å². The third-order valence-corrected chi connectivity index (χ3v) is 7.15. The molecule has 3 atom stereocenters. The summed E-state index contributed by atoms with van der Waals surface area (Å²) < 4.78 is 0. The molecule has 1 rings (SSSR count). The van der Waals surface area contributed by atoms with Gasteiger partial charge in [0.1, 0.15) is 6.17 Å². The van der Waals surface area contributed by atoms with E-state index in [4.69, 9.17) is 4.99 Å². The van der Waals surface area contributed by atoms with E-state index >= 15 is 0 Å². The Morgan fingerprint density at radius 1 is 1.00 bits per heavy atom. The molecule has 5 nitrogen and oxygen atoms in total. The number of unbranched alkanes of at least 4 members (excludes halogenated alkanes) is 2. The second-order valence-electron chi connectivity index (χ2n) is 10.9. The van der Waals surface area contributed by atoms with E-state index in [2.05, 4.69) is 93.3 Å². The number of anilines is 1. The molecule has 0 fully saturated rings. The number of hydrogen-bond donors (Lipinski definition) is 1. The van der Waals surface area contributed by atoms with Gasteiger partial charge >= 0.3 is 0 Å². The van der Waals surface area contributed by atoms with Crippen molar-refractivity contribution in [1.29, 1.82) is 0 Å². The highest BCUT2D eigenvalue weighted by Gasteiger charge is 2.16. The van der Waals surface area contributed by atoms with Crippen LogP contribution in [0.25, 0.3) is 0 Å². The molecule has 0 aliphatic carbocycles. The zero-order valence-electron chi connectivity index (χ0n) is 26.8. The van der Waals surface area contributed by atoms with Gasteiger partial charge in [-0.3, -0.25) is 19.7 Å². The monoisotopic (exact) mass is 548 g/mol. The van der Waals surface area contributed by atoms with Crippen LogP contribution in [0, 0.1) is 11.8 Å². The predicted octanol–water partition coefficient (Wildman–Crippen LogP) is 9.48. The summed E-state index contributed by atoms with van der Waals surface area (Å²) >= 11 is 0. The van der Waals surface area contributed by atoms with Crippen molar-refractivity contribution in [3.8, 4) is 0 Å². The van der Waals surface area contributed by atoms with Crippen LogP contribution in [-0.2, 0) is 4.79 Å². The van der Waals surface area contributed by atoms with Gasteiger partial charge in [-0.05, 0) is 93.8 Å². The van der Waals surface area contributed by atoms with E-state index in [-0.39, 0.29) is 12.1 Å². The lowest BCUT2D eigenvalue weighted by atomic mass is 9.88. The minimum absolute atomic E-state index is 0.0177. The van der Waals surface area contributed by atoms with Crippen LogP contribution in [0.15, 0.2) is 70.4 Å². The van der Waals surface area contributed by atoms with E-state index in [1.165, 1.54) is 16.7 Å². The van der Waals surface area contributed by atoms with Gasteiger partial charge in [0, 0.05) is 12.6 Å². The highest BCUT2D eigenvalue weighted by atomic mass is 16.1. The fourth-order valence-electron chi connectivity index (χ4n) is 4.45. The van der Waals surface area contributed by atoms with Gasteiger partial charge in [0.25, 0.3) is 0 Å². The van der Waals surface area contributed by atoms with E-state index in [0.717, 1.165) is 56.3 Å². The summed E-state index contributed by atoms with van der Waals surface area (Å²) in [6, 6.07) is 3.86. The molecule has 0 spiro atoms. The van der Waals surface area contributed by atoms with Crippen molar-refractivity contribution in [3.05, 3.63) is 71.1 Å². The topological polar surface area (TPSA) is 57.6 Å². The first kappa shape index (κ1) is 35.2. The predicted molar refractivity (Wildman–Crippen MR) is 175 cm³/mol. The number of nitrogens with one attached hydrogen (secondary N) is 1. The van der Waals surface area contributed by atoms with Crippen LogP contribution < -0.4 is 5.32 Å². The average Bonchev–Trinajstić information content (AvgIpc) is 2.94. The van der Waals surface area contributed by atoms with Crippen molar-refractivity contribution < 1.29 is 4.79 Å². The molecule has 1 N–H and O–H groups in total. The van der Waals surface area contributed by atoms with Crippen molar-refractivity contribution in [3.63, 3.8) is 0 Å². The number of pyridine rings is 1. The summed E-state index contributed by atoms with van der Waals surface area (Å²) in [7, 11) is 4.03. The van der Waals surface area contributed by atoms with E-state index in [0.29, 0.717) is 18.3 Å². The summed E-state index contributed by atoms with van der Waals surface area (Å²) in [6.07, 6.45) is 23.1. The number of nitrogens with zero attached hydrogens (tertiary/aromatic N) is 3. The Labute approximate surface area is 245 Å². The summed E-state index contributed by atoms with van der Waals surface area (Å²) in [5.74, 6) is 0.913. The minimum atomic E-state index is -0.182. The first-order chi connectivity index (χ1) is 19.2. The SMILES string of the molecule is CC=C(C=CC(=CCCC)C(=CCCC)C(C)CC=NC(c1ccc(NC(=O)CCC)cn1)N(C)C)C(C)CC. The minimum Gasteiger partial charge on any atom is -0.325 e. The smallest absolute Gasteiger partial charge is 0.224 e. The maximum atomic E-state index is 11.9. The molecule has 1 amide bonds. The third-order valence-electron chi connectivity index (χ3n) is 7.15. The Balaban J connectivity index is 3.15. The number of amides is 1. The zero-order valence-corrected chi connectivity index (χ0v) is 26.8. The molecule has 40 heavy (non-hydrogen) atoms. The van der Waals surface area contributed by atoms with E-state index in [1.54, 1.807) is 6.20 Å². The van der Waals surface area contributed by atoms with Crippen LogP contribution in [0.1, 0.15) is 112 Å². The maximum absolute atomic E-state index is 11.9. The molecular formula is C35H56N4O. The van der Waals surface area contributed by atoms with Gasteiger partial charge in [-0.15, -0.1) is 0 Å². The van der Waals surface area contributed by atoms with Crippen molar-refractivity contribution in [2.24, 2.45) is 16.8 Å². The number of hydrogen-bond acceptors (Lipinski definition) is 4. The highest BCUT2D eigenvalue weighted by molar-refractivity contribution is 5.90. The Morgan fingerprint density at radius 3 is 2.25 bits per heavy atom. The lowest BCUT2D eigenvalue weighted by Crippen LogP contribution is -2.20. The summed E-state index contributed by atoms with van der Waals surface area (Å²) in [6.45, 7) is 15.5. The first-order valence-electron chi connectivity index (χ1n) is 15.4. The number of aromatic nitrogens is 1. The molecule has 0 aromatic carbocycles. The first-order valence-corrected chi connectivity index (χ1v) is 15.4. The van der Waals surface area contributed by atoms with E-state index < -0.39 is 0 Å². The molecule has 222 valence electrons. The molecule has 5 heteroatoms. The lowest BCUT2D eigenvalue weighted by molar-refractivity contribution is -0.116. The quantitative estimate of drug-likeness (QED) is 0.147. The molecule has 1 aromatic heterocycles. The van der Waals surface area contributed by atoms with Crippen molar-refractivity contribution in [2.75, 3.05) is 19.4 Å². The van der Waals surface area contributed by atoms with Crippen molar-refractivity contribution in [2.45, 2.75) is 106 Å². The lowest BCUT2D eigenvalue weighted by Gasteiger charge is -2.21. The largest absolute Gasteiger partial charge is 0.325 e. The van der Waals surface area contributed by atoms with Crippen molar-refractivity contribution >= 4 is 17.8 Å². The van der Waals surface area contributed by atoms with Crippen LogP contribution in [0.2, 0.25) is 0 Å². The Kier molecular flexibility index (Phi) is 17.7. The number of carbonyl (C=O) groups excluding carboxylic acids is 1. The molecular weight excluding hydrogens is 492 g/mol. The molecule has 0 saturated carbocycles. The normalized spacial score (nSPS) is 15.7. The molecule has 0 bridgehead atoms. The van der Waals surface area contributed by atoms with Crippen LogP contribution in [-0.4, -0.2) is 36.1 Å². The van der Waals surface area contributed by atoms with Gasteiger partial charge in [-0.25, -0.2) is 0 Å². The van der Waals surface area contributed by atoms with E-state index in [1.807, 2.05) is 33.2 Å². The fourth-order valence-corrected chi connectivity index (χ4v) is 4.45. The Hall–Kier alpha value is -2.79. The van der Waals surface area contributed by atoms with Gasteiger partial charge in [-0.2, -0.15) is 0 Å². The second-order valence-corrected chi connectivity index (χ2v) is 10.9. The van der Waals surface area contributed by atoms with Gasteiger partial charge < -0.3 is 5.32 Å². The molecule has 0 saturated heterocycles. The van der Waals surface area contributed by atoms with Crippen LogP contribution in [0.5, 0.6) is 0 Å². The molecule has 0 aliphatic rings. The molecule has 1 aromatic rings. The van der Waals surface area contributed by atoms with Gasteiger partial charge in [0.15, 0.2) is 0 Å². The number of carbonyl (C=O) groups is 1. The standard InChI is InChI=1S/C35H56N4O/c1-10-15-18-30(21-20-29(14-5)27(6)13-4)32(19-16-11-2)28(7)24-25-36-35(39(8)9)33-23-22-31(26-37-33)38-34(40)17-12-3/h14,18-23,25-28,35H,10-13,15-17,24H2,1-9H3,(H,38,40). The maximum Gasteiger partial charge on any atom is 0.224 e. The molecule has 0 aliphatic heterocycles. The number of aliphatic imine (C=N–C) groups is 1. The third kappa shape index (κ3) is 12.6. The van der Waals surface area contributed by atoms with Gasteiger partial charge in [-0.1, -0.05) is 84.8 Å². The molecule has 3 unspecified atom stereocenters. The molecule has 1 heterocycles. The Morgan fingerprint density at radius 2 is 1.70 bits per heavy atom. The number of rotatable bonds is 18. The summed E-state index contributed by atoms with van der Waals surface area (Å²) in [5, 5.41) is 2.91. The zero-order chi connectivity index (χ0) is 29.9. The molecule has 0 radical (unpaired) electrons.